The molecule has 0 aliphatic rings. The fraction of sp³-hybridized carbons (Fsp3) is 0.231. The molecule has 2 aromatic rings. The number of aromatic nitrogens is 2. The fourth-order valence-corrected chi connectivity index (χ4v) is 2.01. The van der Waals surface area contributed by atoms with Crippen LogP contribution >= 0.6 is 11.6 Å². The minimum absolute atomic E-state index is 0.0760. The van der Waals surface area contributed by atoms with E-state index in [-0.39, 0.29) is 18.7 Å². The molecule has 6 nitrogen and oxygen atoms in total. The number of halogens is 1. The molecule has 0 spiro atoms. The van der Waals surface area contributed by atoms with Crippen LogP contribution in [0.5, 0.6) is 5.75 Å². The molecule has 2 N–H and O–H groups in total. The van der Waals surface area contributed by atoms with Crippen molar-refractivity contribution in [3.63, 3.8) is 0 Å². The van der Waals surface area contributed by atoms with Gasteiger partial charge >= 0.3 is 5.97 Å². The number of carbonyl (C=O) groups is 1. The van der Waals surface area contributed by atoms with Crippen molar-refractivity contribution >= 4 is 17.6 Å². The standard InChI is InChI=1S/C13H13ClN2O4/c1-20-11-6-9(2-3-10(11)14)16-7-8(4-5-17)12(15-16)13(18)19/h2-3,6-7,17H,4-5H2,1H3,(H,18,19). The van der Waals surface area contributed by atoms with Crippen molar-refractivity contribution in [1.82, 2.24) is 9.78 Å². The zero-order valence-corrected chi connectivity index (χ0v) is 11.5. The first-order valence-corrected chi connectivity index (χ1v) is 6.21. The van der Waals surface area contributed by atoms with Crippen molar-refractivity contribution in [2.45, 2.75) is 6.42 Å². The minimum Gasteiger partial charge on any atom is -0.495 e. The lowest BCUT2D eigenvalue weighted by atomic mass is 10.2. The number of carboxylic acids is 1. The van der Waals surface area contributed by atoms with E-state index in [2.05, 4.69) is 5.10 Å². The molecule has 0 bridgehead atoms. The number of hydrogen-bond acceptors (Lipinski definition) is 4. The molecule has 0 amide bonds. The Morgan fingerprint density at radius 3 is 2.85 bits per heavy atom. The molecule has 20 heavy (non-hydrogen) atoms. The van der Waals surface area contributed by atoms with Gasteiger partial charge in [0.05, 0.1) is 17.8 Å². The van der Waals surface area contributed by atoms with Crippen molar-refractivity contribution in [2.75, 3.05) is 13.7 Å². The Morgan fingerprint density at radius 1 is 1.50 bits per heavy atom. The van der Waals surface area contributed by atoms with E-state index < -0.39 is 5.97 Å². The molecule has 1 aromatic heterocycles. The highest BCUT2D eigenvalue weighted by atomic mass is 35.5. The third-order valence-corrected chi connectivity index (χ3v) is 3.09. The summed E-state index contributed by atoms with van der Waals surface area (Å²) in [6.07, 6.45) is 1.80. The van der Waals surface area contributed by atoms with Crippen LogP contribution in [-0.4, -0.2) is 39.7 Å². The highest BCUT2D eigenvalue weighted by molar-refractivity contribution is 6.32. The van der Waals surface area contributed by atoms with Gasteiger partial charge in [-0.2, -0.15) is 5.10 Å². The summed E-state index contributed by atoms with van der Waals surface area (Å²) in [5.74, 6) is -0.659. The number of benzene rings is 1. The van der Waals surface area contributed by atoms with Crippen molar-refractivity contribution in [2.24, 2.45) is 0 Å². The molecule has 7 heteroatoms. The molecule has 106 valence electrons. The first-order chi connectivity index (χ1) is 9.56. The summed E-state index contributed by atoms with van der Waals surface area (Å²) in [4.78, 5) is 11.1. The third kappa shape index (κ3) is 2.76. The Hall–Kier alpha value is -2.05. The molecular formula is C13H13ClN2O4. The lowest BCUT2D eigenvalue weighted by molar-refractivity contribution is 0.0688. The van der Waals surface area contributed by atoms with E-state index in [1.165, 1.54) is 11.8 Å². The van der Waals surface area contributed by atoms with Crippen molar-refractivity contribution in [1.29, 1.82) is 0 Å². The minimum atomic E-state index is -1.13. The Balaban J connectivity index is 2.47. The summed E-state index contributed by atoms with van der Waals surface area (Å²) in [5, 5.41) is 22.5. The number of methoxy groups -OCH3 is 1. The van der Waals surface area contributed by atoms with Crippen molar-refractivity contribution < 1.29 is 19.7 Å². The number of ether oxygens (including phenoxy) is 1. The Kier molecular flexibility index (Phi) is 4.26. The molecule has 0 aliphatic carbocycles. The van der Waals surface area contributed by atoms with Gasteiger partial charge in [-0.1, -0.05) is 11.6 Å². The van der Waals surface area contributed by atoms with E-state index in [1.54, 1.807) is 24.4 Å². The molecule has 1 aromatic carbocycles. The third-order valence-electron chi connectivity index (χ3n) is 2.77. The average molecular weight is 297 g/mol. The van der Waals surface area contributed by atoms with Crippen LogP contribution in [0.4, 0.5) is 0 Å². The Morgan fingerprint density at radius 2 is 2.25 bits per heavy atom. The number of aliphatic hydroxyl groups excluding tert-OH is 1. The smallest absolute Gasteiger partial charge is 0.356 e. The summed E-state index contributed by atoms with van der Waals surface area (Å²) in [5.41, 5.74) is 1.01. The second kappa shape index (κ2) is 5.94. The number of nitrogens with zero attached hydrogens (tertiary/aromatic N) is 2. The van der Waals surface area contributed by atoms with Gasteiger partial charge in [0.15, 0.2) is 5.69 Å². The maximum atomic E-state index is 11.1. The summed E-state index contributed by atoms with van der Waals surface area (Å²) >= 11 is 5.94. The average Bonchev–Trinajstić information content (AvgIpc) is 2.84. The fourth-order valence-electron chi connectivity index (χ4n) is 1.82. The summed E-state index contributed by atoms with van der Waals surface area (Å²) in [7, 11) is 1.49. The molecule has 0 unspecified atom stereocenters. The molecule has 1 heterocycles. The second-order valence-electron chi connectivity index (χ2n) is 4.05. The van der Waals surface area contributed by atoms with Gasteiger partial charge in [-0.25, -0.2) is 9.48 Å². The SMILES string of the molecule is COc1cc(-n2cc(CCO)c(C(=O)O)n2)ccc1Cl. The van der Waals surface area contributed by atoms with Crippen molar-refractivity contribution in [3.05, 3.63) is 40.7 Å². The predicted octanol–water partition coefficient (Wildman–Crippen LogP) is 1.77. The number of carboxylic acid groups (broad SMARTS) is 1. The van der Waals surface area contributed by atoms with Gasteiger partial charge < -0.3 is 14.9 Å². The van der Waals surface area contributed by atoms with Crippen LogP contribution < -0.4 is 4.74 Å². The lowest BCUT2D eigenvalue weighted by Crippen LogP contribution is -2.04. The van der Waals surface area contributed by atoms with Crippen LogP contribution in [0.25, 0.3) is 5.69 Å². The molecule has 0 radical (unpaired) electrons. The van der Waals surface area contributed by atoms with E-state index in [1.807, 2.05) is 0 Å². The van der Waals surface area contributed by atoms with Crippen LogP contribution in [0, 0.1) is 0 Å². The molecule has 0 aliphatic heterocycles. The molecule has 0 saturated heterocycles. The summed E-state index contributed by atoms with van der Waals surface area (Å²) < 4.78 is 6.53. The zero-order valence-electron chi connectivity index (χ0n) is 10.7. The van der Waals surface area contributed by atoms with Gasteiger partial charge in [0.1, 0.15) is 5.75 Å². The van der Waals surface area contributed by atoms with E-state index in [0.29, 0.717) is 22.0 Å². The van der Waals surface area contributed by atoms with Gasteiger partial charge in [0.2, 0.25) is 0 Å². The van der Waals surface area contributed by atoms with E-state index in [4.69, 9.17) is 26.6 Å². The molecular weight excluding hydrogens is 284 g/mol. The predicted molar refractivity (Wildman–Crippen MR) is 72.9 cm³/mol. The number of aliphatic hydroxyl groups is 1. The highest BCUT2D eigenvalue weighted by Gasteiger charge is 2.16. The van der Waals surface area contributed by atoms with Gasteiger partial charge in [0.25, 0.3) is 0 Å². The summed E-state index contributed by atoms with van der Waals surface area (Å²) in [6, 6.07) is 5.00. The van der Waals surface area contributed by atoms with Crippen LogP contribution in [0.2, 0.25) is 5.02 Å². The lowest BCUT2D eigenvalue weighted by Gasteiger charge is -2.06. The van der Waals surface area contributed by atoms with E-state index in [9.17, 15) is 4.79 Å². The maximum Gasteiger partial charge on any atom is 0.356 e. The van der Waals surface area contributed by atoms with Gasteiger partial charge in [-0.3, -0.25) is 0 Å². The number of hydrogen-bond donors (Lipinski definition) is 2. The largest absolute Gasteiger partial charge is 0.495 e. The normalized spacial score (nSPS) is 10.6. The monoisotopic (exact) mass is 296 g/mol. The molecule has 0 atom stereocenters. The van der Waals surface area contributed by atoms with Gasteiger partial charge in [-0.15, -0.1) is 0 Å². The van der Waals surface area contributed by atoms with Gasteiger partial charge in [-0.05, 0) is 18.6 Å². The quantitative estimate of drug-likeness (QED) is 0.878. The molecule has 2 rings (SSSR count). The van der Waals surface area contributed by atoms with Crippen LogP contribution in [0.1, 0.15) is 16.1 Å². The topological polar surface area (TPSA) is 84.6 Å². The number of aromatic carboxylic acids is 1. The first kappa shape index (κ1) is 14.4. The highest BCUT2D eigenvalue weighted by Crippen LogP contribution is 2.27. The van der Waals surface area contributed by atoms with Crippen LogP contribution in [0.15, 0.2) is 24.4 Å². The zero-order chi connectivity index (χ0) is 14.7. The van der Waals surface area contributed by atoms with E-state index >= 15 is 0 Å². The maximum absolute atomic E-state index is 11.1. The van der Waals surface area contributed by atoms with Crippen molar-refractivity contribution in [3.8, 4) is 11.4 Å². The van der Waals surface area contributed by atoms with E-state index in [0.717, 1.165) is 0 Å². The summed E-state index contributed by atoms with van der Waals surface area (Å²) in [6.45, 7) is -0.143. The van der Waals surface area contributed by atoms with Gasteiger partial charge in [0, 0.05) is 24.4 Å². The second-order valence-corrected chi connectivity index (χ2v) is 4.45. The molecule has 0 saturated carbocycles. The Labute approximate surface area is 120 Å². The Bertz CT molecular complexity index is 639. The molecule has 0 fully saturated rings. The number of rotatable bonds is 5. The van der Waals surface area contributed by atoms with Crippen LogP contribution in [0.3, 0.4) is 0 Å². The van der Waals surface area contributed by atoms with Crippen LogP contribution in [-0.2, 0) is 6.42 Å². The first-order valence-electron chi connectivity index (χ1n) is 5.83.